The van der Waals surface area contributed by atoms with Gasteiger partial charge in [-0.2, -0.15) is 0 Å². The number of rotatable bonds is 6. The molecule has 8 heteroatoms. The van der Waals surface area contributed by atoms with Crippen LogP contribution >= 0.6 is 11.6 Å². The highest BCUT2D eigenvalue weighted by Gasteiger charge is 2.23. The van der Waals surface area contributed by atoms with Gasteiger partial charge in [0.1, 0.15) is 0 Å². The number of likely N-dealkylation sites (tertiary alicyclic amines) is 1. The molecule has 1 aromatic rings. The summed E-state index contributed by atoms with van der Waals surface area (Å²) >= 11 is 6.12. The van der Waals surface area contributed by atoms with Crippen molar-refractivity contribution in [3.05, 3.63) is 34.9 Å². The summed E-state index contributed by atoms with van der Waals surface area (Å²) in [6, 6.07) is 5.32. The summed E-state index contributed by atoms with van der Waals surface area (Å²) in [6.45, 7) is 3.22. The average Bonchev–Trinajstić information content (AvgIpc) is 2.60. The fraction of sp³-hybridized carbons (Fsp3) is 0.500. The molecule has 0 aromatic heterocycles. The molecule has 3 N–H and O–H groups in total. The number of primary amides is 1. The van der Waals surface area contributed by atoms with Crippen molar-refractivity contribution in [3.8, 4) is 0 Å². The van der Waals surface area contributed by atoms with Gasteiger partial charge in [0.25, 0.3) is 5.91 Å². The lowest BCUT2D eigenvalue weighted by Crippen LogP contribution is -2.40. The van der Waals surface area contributed by atoms with Crippen LogP contribution in [0.2, 0.25) is 5.02 Å². The van der Waals surface area contributed by atoms with Crippen LogP contribution in [0.5, 0.6) is 0 Å². The Hall–Kier alpha value is -2.28. The predicted octanol–water partition coefficient (Wildman–Crippen LogP) is 2.24. The van der Waals surface area contributed by atoms with Gasteiger partial charge in [-0.25, -0.2) is 4.79 Å². The third kappa shape index (κ3) is 5.91. The van der Waals surface area contributed by atoms with E-state index < -0.39 is 18.0 Å². The van der Waals surface area contributed by atoms with Crippen LogP contribution in [0.25, 0.3) is 0 Å². The Morgan fingerprint density at radius 2 is 1.96 bits per heavy atom. The lowest BCUT2D eigenvalue weighted by molar-refractivity contribution is -0.153. The third-order valence-electron chi connectivity index (χ3n) is 4.46. The van der Waals surface area contributed by atoms with Crippen LogP contribution in [0.3, 0.4) is 0 Å². The second kappa shape index (κ2) is 9.43. The van der Waals surface area contributed by atoms with Crippen LogP contribution in [0.15, 0.2) is 24.3 Å². The number of hydrogen-bond acceptors (Lipinski definition) is 4. The van der Waals surface area contributed by atoms with Crippen molar-refractivity contribution in [1.82, 2.24) is 10.2 Å². The standard InChI is InChI=1S/C18H24ClN3O4/c1-12-6-8-22(9-7-12)16(23)11-26-17(24)10-15(21-18(20)25)13-4-2-3-5-14(13)19/h2-5,12,15H,6-11H2,1H3,(H3,20,21,25)/t15-/m1/s1. The molecular formula is C18H24ClN3O4. The van der Waals surface area contributed by atoms with E-state index >= 15 is 0 Å². The molecule has 0 bridgehead atoms. The number of nitrogens with one attached hydrogen (secondary N) is 1. The van der Waals surface area contributed by atoms with Crippen molar-refractivity contribution in [2.75, 3.05) is 19.7 Å². The Morgan fingerprint density at radius 3 is 2.58 bits per heavy atom. The van der Waals surface area contributed by atoms with Gasteiger partial charge in [-0.3, -0.25) is 9.59 Å². The number of amides is 3. The Bertz CT molecular complexity index is 660. The molecule has 0 radical (unpaired) electrons. The maximum absolute atomic E-state index is 12.1. The molecule has 26 heavy (non-hydrogen) atoms. The zero-order chi connectivity index (χ0) is 19.1. The second-order valence-electron chi connectivity index (χ2n) is 6.51. The van der Waals surface area contributed by atoms with E-state index in [2.05, 4.69) is 12.2 Å². The molecule has 142 valence electrons. The molecular weight excluding hydrogens is 358 g/mol. The fourth-order valence-electron chi connectivity index (χ4n) is 2.89. The Morgan fingerprint density at radius 1 is 1.31 bits per heavy atom. The lowest BCUT2D eigenvalue weighted by atomic mass is 9.99. The summed E-state index contributed by atoms with van der Waals surface area (Å²) in [5.41, 5.74) is 5.74. The Kier molecular flexibility index (Phi) is 7.26. The minimum absolute atomic E-state index is 0.170. The number of nitrogens with zero attached hydrogens (tertiary/aromatic N) is 1. The molecule has 0 unspecified atom stereocenters. The molecule has 1 atom stereocenters. The van der Waals surface area contributed by atoms with Crippen LogP contribution in [0.4, 0.5) is 4.79 Å². The van der Waals surface area contributed by atoms with Gasteiger partial charge >= 0.3 is 12.0 Å². The summed E-state index contributed by atoms with van der Waals surface area (Å²) in [5.74, 6) is -0.206. The van der Waals surface area contributed by atoms with E-state index in [0.29, 0.717) is 29.6 Å². The molecule has 0 saturated carbocycles. The summed E-state index contributed by atoms with van der Waals surface area (Å²) in [4.78, 5) is 37.2. The van der Waals surface area contributed by atoms with Gasteiger partial charge in [0.05, 0.1) is 12.5 Å². The average molecular weight is 382 g/mol. The van der Waals surface area contributed by atoms with Crippen molar-refractivity contribution in [2.24, 2.45) is 11.7 Å². The zero-order valence-electron chi connectivity index (χ0n) is 14.7. The highest BCUT2D eigenvalue weighted by molar-refractivity contribution is 6.31. The molecule has 2 rings (SSSR count). The van der Waals surface area contributed by atoms with Crippen molar-refractivity contribution in [1.29, 1.82) is 0 Å². The topological polar surface area (TPSA) is 102 Å². The van der Waals surface area contributed by atoms with Crippen molar-refractivity contribution in [3.63, 3.8) is 0 Å². The third-order valence-corrected chi connectivity index (χ3v) is 4.81. The number of urea groups is 1. The summed E-state index contributed by atoms with van der Waals surface area (Å²) in [7, 11) is 0. The van der Waals surface area contributed by atoms with E-state index in [1.54, 1.807) is 29.2 Å². The van der Waals surface area contributed by atoms with Gasteiger partial charge in [-0.15, -0.1) is 0 Å². The first-order valence-electron chi connectivity index (χ1n) is 8.60. The SMILES string of the molecule is CC1CCN(C(=O)COC(=O)C[C@@H](NC(N)=O)c2ccccc2Cl)CC1. The van der Waals surface area contributed by atoms with Crippen molar-refractivity contribution < 1.29 is 19.1 Å². The highest BCUT2D eigenvalue weighted by atomic mass is 35.5. The van der Waals surface area contributed by atoms with Gasteiger partial charge in [-0.1, -0.05) is 36.7 Å². The van der Waals surface area contributed by atoms with E-state index in [1.807, 2.05) is 0 Å². The Balaban J connectivity index is 1.90. The van der Waals surface area contributed by atoms with E-state index in [-0.39, 0.29) is 18.9 Å². The van der Waals surface area contributed by atoms with Gasteiger partial charge in [0.2, 0.25) is 0 Å². The number of esters is 1. The number of nitrogens with two attached hydrogens (primary N) is 1. The first-order valence-corrected chi connectivity index (χ1v) is 8.98. The minimum atomic E-state index is -0.777. The molecule has 7 nitrogen and oxygen atoms in total. The molecule has 1 aliphatic rings. The largest absolute Gasteiger partial charge is 0.455 e. The molecule has 0 spiro atoms. The summed E-state index contributed by atoms with van der Waals surface area (Å²) < 4.78 is 5.09. The van der Waals surface area contributed by atoms with Gasteiger partial charge in [0, 0.05) is 18.1 Å². The predicted molar refractivity (Wildman–Crippen MR) is 97.5 cm³/mol. The molecule has 0 aliphatic carbocycles. The van der Waals surface area contributed by atoms with Crippen LogP contribution in [0, 0.1) is 5.92 Å². The molecule has 1 aromatic carbocycles. The fourth-order valence-corrected chi connectivity index (χ4v) is 3.15. The van der Waals surface area contributed by atoms with Crippen LogP contribution in [0.1, 0.15) is 37.8 Å². The number of halogens is 1. The van der Waals surface area contributed by atoms with E-state index in [4.69, 9.17) is 22.1 Å². The van der Waals surface area contributed by atoms with Crippen LogP contribution in [-0.4, -0.2) is 42.5 Å². The monoisotopic (exact) mass is 381 g/mol. The van der Waals surface area contributed by atoms with Gasteiger partial charge in [-0.05, 0) is 30.4 Å². The normalized spacial score (nSPS) is 16.0. The quantitative estimate of drug-likeness (QED) is 0.737. The first-order chi connectivity index (χ1) is 12.4. The summed E-state index contributed by atoms with van der Waals surface area (Å²) in [5, 5.41) is 2.88. The number of hydrogen-bond donors (Lipinski definition) is 2. The highest BCUT2D eigenvalue weighted by Crippen LogP contribution is 2.25. The Labute approximate surface area is 157 Å². The van der Waals surface area contributed by atoms with Crippen LogP contribution in [-0.2, 0) is 14.3 Å². The maximum Gasteiger partial charge on any atom is 0.312 e. The number of carbonyl (C=O) groups excluding carboxylic acids is 3. The van der Waals surface area contributed by atoms with Crippen LogP contribution < -0.4 is 11.1 Å². The lowest BCUT2D eigenvalue weighted by Gasteiger charge is -2.30. The minimum Gasteiger partial charge on any atom is -0.455 e. The molecule has 1 saturated heterocycles. The van der Waals surface area contributed by atoms with E-state index in [1.165, 1.54) is 0 Å². The number of carbonyl (C=O) groups is 3. The van der Waals surface area contributed by atoms with E-state index in [0.717, 1.165) is 12.8 Å². The van der Waals surface area contributed by atoms with Gasteiger partial charge < -0.3 is 20.7 Å². The number of benzene rings is 1. The molecule has 3 amide bonds. The van der Waals surface area contributed by atoms with E-state index in [9.17, 15) is 14.4 Å². The maximum atomic E-state index is 12.1. The van der Waals surface area contributed by atoms with Gasteiger partial charge in [0.15, 0.2) is 6.61 Å². The number of ether oxygens (including phenoxy) is 1. The van der Waals surface area contributed by atoms with Crippen molar-refractivity contribution >= 4 is 29.5 Å². The van der Waals surface area contributed by atoms with Crippen molar-refractivity contribution in [2.45, 2.75) is 32.2 Å². The number of piperidine rings is 1. The molecule has 1 heterocycles. The first kappa shape index (κ1) is 20.0. The molecule has 1 aliphatic heterocycles. The smallest absolute Gasteiger partial charge is 0.312 e. The zero-order valence-corrected chi connectivity index (χ0v) is 15.5. The second-order valence-corrected chi connectivity index (χ2v) is 6.92. The summed E-state index contributed by atoms with van der Waals surface area (Å²) in [6.07, 6.45) is 1.74. The molecule has 1 fully saturated rings.